The Morgan fingerprint density at radius 3 is 2.43 bits per heavy atom. The van der Waals surface area contributed by atoms with Crippen LogP contribution in [0.5, 0.6) is 0 Å². The summed E-state index contributed by atoms with van der Waals surface area (Å²) < 4.78 is 0. The van der Waals surface area contributed by atoms with E-state index in [1.165, 1.54) is 19.3 Å². The van der Waals surface area contributed by atoms with Crippen LogP contribution in [0.4, 0.5) is 5.69 Å². The maximum absolute atomic E-state index is 5.27. The van der Waals surface area contributed by atoms with E-state index in [4.69, 9.17) is 24.4 Å². The summed E-state index contributed by atoms with van der Waals surface area (Å²) in [6, 6.07) is 7.99. The van der Waals surface area contributed by atoms with Gasteiger partial charge in [-0.15, -0.1) is 0 Å². The van der Waals surface area contributed by atoms with Crippen molar-refractivity contribution in [2.24, 2.45) is 5.92 Å². The third-order valence-corrected chi connectivity index (χ3v) is 4.23. The van der Waals surface area contributed by atoms with Gasteiger partial charge in [0.05, 0.1) is 0 Å². The van der Waals surface area contributed by atoms with Crippen LogP contribution in [0.1, 0.15) is 45.1 Å². The molecule has 0 bridgehead atoms. The number of rotatable bonds is 7. The van der Waals surface area contributed by atoms with Gasteiger partial charge in [0, 0.05) is 12.2 Å². The molecule has 4 N–H and O–H groups in total. The Morgan fingerprint density at radius 1 is 1.09 bits per heavy atom. The van der Waals surface area contributed by atoms with Gasteiger partial charge in [0.25, 0.3) is 0 Å². The van der Waals surface area contributed by atoms with Gasteiger partial charge in [-0.25, -0.2) is 0 Å². The highest BCUT2D eigenvalue weighted by Crippen LogP contribution is 2.12. The van der Waals surface area contributed by atoms with Gasteiger partial charge in [-0.3, -0.25) is 10.9 Å². The highest BCUT2D eigenvalue weighted by Gasteiger charge is 2.06. The van der Waals surface area contributed by atoms with Crippen LogP contribution < -0.4 is 21.5 Å². The van der Waals surface area contributed by atoms with Crippen molar-refractivity contribution < 1.29 is 0 Å². The zero-order chi connectivity index (χ0) is 17.1. The van der Waals surface area contributed by atoms with E-state index in [1.54, 1.807) is 0 Å². The number of hydrogen-bond acceptors (Lipinski definition) is 2. The molecule has 6 heteroatoms. The first-order chi connectivity index (χ1) is 11.1. The smallest absolute Gasteiger partial charge is 0.189 e. The molecule has 0 aliphatic heterocycles. The van der Waals surface area contributed by atoms with Crippen molar-refractivity contribution in [2.45, 2.75) is 46.5 Å². The highest BCUT2D eigenvalue weighted by atomic mass is 32.1. The number of benzene rings is 1. The minimum atomic E-state index is 0.487. The van der Waals surface area contributed by atoms with Crippen molar-refractivity contribution in [3.8, 4) is 0 Å². The molecule has 1 aromatic carbocycles. The average molecular weight is 353 g/mol. The van der Waals surface area contributed by atoms with Crippen molar-refractivity contribution in [1.82, 2.24) is 16.2 Å². The topological polar surface area (TPSA) is 48.1 Å². The van der Waals surface area contributed by atoms with Crippen molar-refractivity contribution in [1.29, 1.82) is 0 Å². The molecule has 1 rings (SSSR count). The van der Waals surface area contributed by atoms with Gasteiger partial charge in [-0.2, -0.15) is 0 Å². The van der Waals surface area contributed by atoms with Crippen molar-refractivity contribution in [3.63, 3.8) is 0 Å². The molecule has 0 radical (unpaired) electrons. The summed E-state index contributed by atoms with van der Waals surface area (Å²) in [5.41, 5.74) is 7.95. The molecule has 1 atom stereocenters. The summed E-state index contributed by atoms with van der Waals surface area (Å²) in [4.78, 5) is 0. The van der Waals surface area contributed by atoms with E-state index in [2.05, 4.69) is 35.3 Å². The molecule has 0 aromatic heterocycles. The fourth-order valence-corrected chi connectivity index (χ4v) is 2.50. The second kappa shape index (κ2) is 11.2. The number of hydrogen-bond donors (Lipinski definition) is 4. The van der Waals surface area contributed by atoms with Crippen LogP contribution in [0.2, 0.25) is 0 Å². The summed E-state index contributed by atoms with van der Waals surface area (Å²) in [6.45, 7) is 7.37. The van der Waals surface area contributed by atoms with E-state index >= 15 is 0 Å². The van der Waals surface area contributed by atoms with Crippen molar-refractivity contribution >= 4 is 40.3 Å². The van der Waals surface area contributed by atoms with Crippen molar-refractivity contribution in [2.75, 3.05) is 11.9 Å². The first-order valence-corrected chi connectivity index (χ1v) is 9.04. The lowest BCUT2D eigenvalue weighted by Gasteiger charge is -2.18. The Labute approximate surface area is 150 Å². The van der Waals surface area contributed by atoms with Crippen molar-refractivity contribution in [3.05, 3.63) is 29.8 Å². The molecule has 0 unspecified atom stereocenters. The maximum Gasteiger partial charge on any atom is 0.189 e. The quantitative estimate of drug-likeness (QED) is 0.441. The lowest BCUT2D eigenvalue weighted by atomic mass is 9.99. The molecule has 0 spiro atoms. The third kappa shape index (κ3) is 8.13. The molecule has 0 aliphatic rings. The number of hydrazine groups is 1. The van der Waals surface area contributed by atoms with E-state index in [1.807, 2.05) is 31.2 Å². The van der Waals surface area contributed by atoms with E-state index < -0.39 is 0 Å². The van der Waals surface area contributed by atoms with Gasteiger partial charge < -0.3 is 10.6 Å². The first-order valence-electron chi connectivity index (χ1n) is 8.23. The molecule has 128 valence electrons. The van der Waals surface area contributed by atoms with E-state index in [0.717, 1.165) is 24.2 Å². The molecule has 0 heterocycles. The van der Waals surface area contributed by atoms with Crippen LogP contribution in [0.15, 0.2) is 24.3 Å². The van der Waals surface area contributed by atoms with Crippen LogP contribution in [0, 0.1) is 12.8 Å². The van der Waals surface area contributed by atoms with Gasteiger partial charge in [0.1, 0.15) is 0 Å². The largest absolute Gasteiger partial charge is 0.361 e. The number of aryl methyl sites for hydroxylation is 1. The number of thiocarbonyl (C=S) groups is 2. The number of anilines is 1. The summed E-state index contributed by atoms with van der Waals surface area (Å²) in [5, 5.41) is 7.43. The average Bonchev–Trinajstić information content (AvgIpc) is 2.55. The van der Waals surface area contributed by atoms with E-state index in [0.29, 0.717) is 16.1 Å². The molecule has 0 amide bonds. The summed E-state index contributed by atoms with van der Waals surface area (Å²) >= 11 is 10.5. The van der Waals surface area contributed by atoms with Crippen LogP contribution >= 0.6 is 24.4 Å². The molecule has 23 heavy (non-hydrogen) atoms. The Morgan fingerprint density at radius 2 is 1.78 bits per heavy atom. The van der Waals surface area contributed by atoms with E-state index in [9.17, 15) is 0 Å². The van der Waals surface area contributed by atoms with Crippen LogP contribution in [0.3, 0.4) is 0 Å². The Balaban J connectivity index is 2.27. The SMILES string of the molecule is CCCC[C@H](CC)CNC(=S)NNC(=S)Nc1ccccc1C. The normalized spacial score (nSPS) is 11.4. The number of unbranched alkanes of at least 4 members (excludes halogenated alkanes) is 1. The second-order valence-corrected chi connectivity index (χ2v) is 6.46. The Hall–Kier alpha value is -1.40. The Bertz CT molecular complexity index is 505. The number of para-hydroxylation sites is 1. The fraction of sp³-hybridized carbons (Fsp3) is 0.529. The third-order valence-electron chi connectivity index (χ3n) is 3.78. The molecule has 0 aliphatic carbocycles. The minimum absolute atomic E-state index is 0.487. The molecular formula is C17H28N4S2. The zero-order valence-corrected chi connectivity index (χ0v) is 15.9. The van der Waals surface area contributed by atoms with Gasteiger partial charge >= 0.3 is 0 Å². The standard InChI is InChI=1S/C17H28N4S2/c1-4-6-10-14(5-2)12-18-16(22)20-21-17(23)19-15-11-8-7-9-13(15)3/h7-9,11,14H,4-6,10,12H2,1-3H3,(H2,18,20,22)(H2,19,21,23)/t14-/m0/s1. The molecule has 0 saturated carbocycles. The Kier molecular flexibility index (Phi) is 9.55. The second-order valence-electron chi connectivity index (χ2n) is 5.65. The minimum Gasteiger partial charge on any atom is -0.361 e. The zero-order valence-electron chi connectivity index (χ0n) is 14.2. The summed E-state index contributed by atoms with van der Waals surface area (Å²) in [5.74, 6) is 0.659. The molecule has 0 saturated heterocycles. The number of nitrogens with one attached hydrogen (secondary N) is 4. The van der Waals surface area contributed by atoms with E-state index in [-0.39, 0.29) is 0 Å². The van der Waals surface area contributed by atoms with Crippen LogP contribution in [0.25, 0.3) is 0 Å². The predicted molar refractivity (Wildman–Crippen MR) is 108 cm³/mol. The molecule has 0 fully saturated rings. The van der Waals surface area contributed by atoms with Crippen LogP contribution in [-0.2, 0) is 0 Å². The lowest BCUT2D eigenvalue weighted by molar-refractivity contribution is 0.444. The summed E-state index contributed by atoms with van der Waals surface area (Å²) in [6.07, 6.45) is 4.91. The molecule has 4 nitrogen and oxygen atoms in total. The fourth-order valence-electron chi connectivity index (χ4n) is 2.20. The molecule has 1 aromatic rings. The predicted octanol–water partition coefficient (Wildman–Crippen LogP) is 3.88. The van der Waals surface area contributed by atoms with Crippen LogP contribution in [-0.4, -0.2) is 16.8 Å². The first kappa shape index (κ1) is 19.6. The summed E-state index contributed by atoms with van der Waals surface area (Å²) in [7, 11) is 0. The van der Waals surface area contributed by atoms with Gasteiger partial charge in [-0.05, 0) is 55.3 Å². The maximum atomic E-state index is 5.27. The highest BCUT2D eigenvalue weighted by molar-refractivity contribution is 7.80. The monoisotopic (exact) mass is 352 g/mol. The van der Waals surface area contributed by atoms with Gasteiger partial charge in [-0.1, -0.05) is 51.3 Å². The van der Waals surface area contributed by atoms with Gasteiger partial charge in [0.15, 0.2) is 10.2 Å². The lowest BCUT2D eigenvalue weighted by Crippen LogP contribution is -2.49. The molecular weight excluding hydrogens is 324 g/mol. The van der Waals surface area contributed by atoms with Gasteiger partial charge in [0.2, 0.25) is 0 Å².